The first-order chi connectivity index (χ1) is 8.63. The van der Waals surface area contributed by atoms with Crippen LogP contribution in [0.2, 0.25) is 0 Å². The van der Waals surface area contributed by atoms with Gasteiger partial charge in [-0.3, -0.25) is 4.79 Å². The molecule has 0 aliphatic heterocycles. The third-order valence-electron chi connectivity index (χ3n) is 3.44. The van der Waals surface area contributed by atoms with Crippen molar-refractivity contribution in [1.82, 2.24) is 0 Å². The molecule has 0 aliphatic carbocycles. The molecule has 1 atom stereocenters. The van der Waals surface area contributed by atoms with Crippen LogP contribution in [-0.4, -0.2) is 12.9 Å². The molecule has 1 aromatic carbocycles. The molecule has 2 heteroatoms. The minimum Gasteiger partial charge on any atom is -0.497 e. The number of Topliss-reactive ketones (excluding diaryl/α,β-unsaturated/α-hetero) is 1. The van der Waals surface area contributed by atoms with Crippen LogP contribution in [0.3, 0.4) is 0 Å². The van der Waals surface area contributed by atoms with Gasteiger partial charge < -0.3 is 4.74 Å². The summed E-state index contributed by atoms with van der Waals surface area (Å²) in [5, 5.41) is 0. The average Bonchev–Trinajstić information content (AvgIpc) is 2.42. The molecule has 0 saturated carbocycles. The number of carbonyl (C=O) groups is 1. The summed E-state index contributed by atoms with van der Waals surface area (Å²) in [6.45, 7) is 6.21. The molecule has 18 heavy (non-hydrogen) atoms. The monoisotopic (exact) mass is 248 g/mol. The largest absolute Gasteiger partial charge is 0.497 e. The highest BCUT2D eigenvalue weighted by molar-refractivity contribution is 5.99. The Kier molecular flexibility index (Phi) is 5.90. The van der Waals surface area contributed by atoms with Crippen molar-refractivity contribution in [2.75, 3.05) is 7.11 Å². The number of hydrogen-bond donors (Lipinski definition) is 0. The smallest absolute Gasteiger partial charge is 0.165 e. The van der Waals surface area contributed by atoms with Crippen LogP contribution < -0.4 is 4.74 Å². The van der Waals surface area contributed by atoms with Gasteiger partial charge in [-0.2, -0.15) is 0 Å². The van der Waals surface area contributed by atoms with Gasteiger partial charge in [0, 0.05) is 11.5 Å². The fourth-order valence-corrected chi connectivity index (χ4v) is 1.96. The van der Waals surface area contributed by atoms with Gasteiger partial charge in [-0.05, 0) is 43.0 Å². The molecule has 2 nitrogen and oxygen atoms in total. The Bertz CT molecular complexity index is 396. The molecule has 0 aromatic heterocycles. The minimum atomic E-state index is 0.0961. The van der Waals surface area contributed by atoms with Gasteiger partial charge in [0.15, 0.2) is 5.78 Å². The summed E-state index contributed by atoms with van der Waals surface area (Å²) in [4.78, 5) is 12.3. The molecular weight excluding hydrogens is 224 g/mol. The summed E-state index contributed by atoms with van der Waals surface area (Å²) in [6, 6.07) is 5.80. The second-order valence-corrected chi connectivity index (χ2v) is 4.80. The van der Waals surface area contributed by atoms with Crippen molar-refractivity contribution in [1.29, 1.82) is 0 Å². The van der Waals surface area contributed by atoms with E-state index in [1.54, 1.807) is 7.11 Å². The first-order valence-electron chi connectivity index (χ1n) is 6.85. The number of ether oxygens (including phenoxy) is 1. The lowest BCUT2D eigenvalue weighted by atomic mass is 9.91. The number of carbonyl (C=O) groups excluding carboxylic acids is 1. The maximum Gasteiger partial charge on any atom is 0.165 e. The standard InChI is InChI=1S/C16H24O2/c1-5-7-8-13-11-14(18-4)9-10-15(13)16(17)12(3)6-2/h9-12H,5-8H2,1-4H3. The second kappa shape index (κ2) is 7.20. The van der Waals surface area contributed by atoms with Crippen LogP contribution in [0.1, 0.15) is 56.0 Å². The lowest BCUT2D eigenvalue weighted by Crippen LogP contribution is -2.13. The first kappa shape index (κ1) is 14.7. The quantitative estimate of drug-likeness (QED) is 0.674. The summed E-state index contributed by atoms with van der Waals surface area (Å²) < 4.78 is 5.25. The summed E-state index contributed by atoms with van der Waals surface area (Å²) in [7, 11) is 1.66. The van der Waals surface area contributed by atoms with Gasteiger partial charge in [0.05, 0.1) is 7.11 Å². The van der Waals surface area contributed by atoms with Crippen LogP contribution in [0, 0.1) is 5.92 Å². The SMILES string of the molecule is CCCCc1cc(OC)ccc1C(=O)C(C)CC. The van der Waals surface area contributed by atoms with Gasteiger partial charge in [-0.15, -0.1) is 0 Å². The van der Waals surface area contributed by atoms with E-state index >= 15 is 0 Å². The van der Waals surface area contributed by atoms with E-state index in [1.807, 2.05) is 25.1 Å². The second-order valence-electron chi connectivity index (χ2n) is 4.80. The van der Waals surface area contributed by atoms with Gasteiger partial charge in [-0.25, -0.2) is 0 Å². The molecular formula is C16H24O2. The van der Waals surface area contributed by atoms with Crippen molar-refractivity contribution in [3.63, 3.8) is 0 Å². The molecule has 0 bridgehead atoms. The molecule has 1 rings (SSSR count). The predicted octanol–water partition coefficient (Wildman–Crippen LogP) is 4.27. The number of aryl methyl sites for hydroxylation is 1. The Hall–Kier alpha value is -1.31. The molecule has 100 valence electrons. The zero-order valence-electron chi connectivity index (χ0n) is 12.0. The molecule has 0 heterocycles. The Morgan fingerprint density at radius 3 is 2.61 bits per heavy atom. The minimum absolute atomic E-state index is 0.0961. The molecule has 0 fully saturated rings. The Balaban J connectivity index is 3.04. The number of benzene rings is 1. The van der Waals surface area contributed by atoms with E-state index in [2.05, 4.69) is 13.8 Å². The highest BCUT2D eigenvalue weighted by Gasteiger charge is 2.17. The zero-order chi connectivity index (χ0) is 13.5. The van der Waals surface area contributed by atoms with Crippen molar-refractivity contribution in [3.8, 4) is 5.75 Å². The van der Waals surface area contributed by atoms with E-state index in [9.17, 15) is 4.79 Å². The van der Waals surface area contributed by atoms with Gasteiger partial charge >= 0.3 is 0 Å². The zero-order valence-corrected chi connectivity index (χ0v) is 12.0. The van der Waals surface area contributed by atoms with Crippen LogP contribution in [0.4, 0.5) is 0 Å². The maximum absolute atomic E-state index is 12.3. The van der Waals surface area contributed by atoms with Crippen LogP contribution in [0.15, 0.2) is 18.2 Å². The van der Waals surface area contributed by atoms with E-state index in [4.69, 9.17) is 4.74 Å². The highest BCUT2D eigenvalue weighted by atomic mass is 16.5. The van der Waals surface area contributed by atoms with Gasteiger partial charge in [0.25, 0.3) is 0 Å². The Morgan fingerprint density at radius 1 is 1.33 bits per heavy atom. The lowest BCUT2D eigenvalue weighted by molar-refractivity contribution is 0.0926. The summed E-state index contributed by atoms with van der Waals surface area (Å²) >= 11 is 0. The van der Waals surface area contributed by atoms with Gasteiger partial charge in [0.1, 0.15) is 5.75 Å². The molecule has 0 N–H and O–H groups in total. The number of ketones is 1. The average molecular weight is 248 g/mol. The normalized spacial score (nSPS) is 12.2. The summed E-state index contributed by atoms with van der Waals surface area (Å²) in [6.07, 6.45) is 4.07. The van der Waals surface area contributed by atoms with E-state index in [0.29, 0.717) is 0 Å². The maximum atomic E-state index is 12.3. The van der Waals surface area contributed by atoms with Crippen LogP contribution in [0.25, 0.3) is 0 Å². The Labute approximate surface area is 110 Å². The predicted molar refractivity (Wildman–Crippen MR) is 75.4 cm³/mol. The molecule has 0 amide bonds. The molecule has 0 aliphatic rings. The van der Waals surface area contributed by atoms with Crippen molar-refractivity contribution < 1.29 is 9.53 Å². The fraction of sp³-hybridized carbons (Fsp3) is 0.562. The van der Waals surface area contributed by atoms with Crippen molar-refractivity contribution in [2.45, 2.75) is 46.5 Å². The number of methoxy groups -OCH3 is 1. The molecule has 1 aromatic rings. The third-order valence-corrected chi connectivity index (χ3v) is 3.44. The molecule has 0 spiro atoms. The van der Waals surface area contributed by atoms with E-state index < -0.39 is 0 Å². The number of unbranched alkanes of at least 4 members (excludes halogenated alkanes) is 1. The summed E-state index contributed by atoms with van der Waals surface area (Å²) in [5.74, 6) is 1.19. The summed E-state index contributed by atoms with van der Waals surface area (Å²) in [5.41, 5.74) is 2.00. The van der Waals surface area contributed by atoms with Gasteiger partial charge in [0.2, 0.25) is 0 Å². The highest BCUT2D eigenvalue weighted by Crippen LogP contribution is 2.23. The molecule has 0 radical (unpaired) electrons. The molecule has 0 saturated heterocycles. The topological polar surface area (TPSA) is 26.3 Å². The van der Waals surface area contributed by atoms with E-state index in [1.165, 1.54) is 0 Å². The van der Waals surface area contributed by atoms with Crippen LogP contribution >= 0.6 is 0 Å². The lowest BCUT2D eigenvalue weighted by Gasteiger charge is -2.13. The van der Waals surface area contributed by atoms with Crippen LogP contribution in [-0.2, 0) is 6.42 Å². The van der Waals surface area contributed by atoms with Gasteiger partial charge in [-0.1, -0.05) is 27.2 Å². The first-order valence-corrected chi connectivity index (χ1v) is 6.85. The number of hydrogen-bond acceptors (Lipinski definition) is 2. The van der Waals surface area contributed by atoms with Crippen molar-refractivity contribution >= 4 is 5.78 Å². The fourth-order valence-electron chi connectivity index (χ4n) is 1.96. The van der Waals surface area contributed by atoms with Crippen molar-refractivity contribution in [3.05, 3.63) is 29.3 Å². The third kappa shape index (κ3) is 3.59. The van der Waals surface area contributed by atoms with E-state index in [0.717, 1.165) is 42.6 Å². The van der Waals surface area contributed by atoms with Crippen LogP contribution in [0.5, 0.6) is 5.75 Å². The van der Waals surface area contributed by atoms with Crippen molar-refractivity contribution in [2.24, 2.45) is 5.92 Å². The molecule has 1 unspecified atom stereocenters. The Morgan fingerprint density at radius 2 is 2.06 bits per heavy atom. The number of rotatable bonds is 7. The van der Waals surface area contributed by atoms with E-state index in [-0.39, 0.29) is 11.7 Å².